The Hall–Kier alpha value is -5.13. The van der Waals surface area contributed by atoms with Gasteiger partial charge in [0.25, 0.3) is 0 Å². The van der Waals surface area contributed by atoms with E-state index in [1.54, 1.807) is 93.0 Å². The lowest BCUT2D eigenvalue weighted by Crippen LogP contribution is -2.30. The van der Waals surface area contributed by atoms with E-state index in [0.29, 0.717) is 34.1 Å². The van der Waals surface area contributed by atoms with Crippen LogP contribution in [0.25, 0.3) is 6.08 Å². The van der Waals surface area contributed by atoms with Crippen molar-refractivity contribution in [2.24, 2.45) is 5.73 Å². The minimum atomic E-state index is -3.77. The van der Waals surface area contributed by atoms with Gasteiger partial charge in [-0.05, 0) is 92.1 Å². The highest BCUT2D eigenvalue weighted by molar-refractivity contribution is 7.94. The number of carbonyl (C=O) groups is 2. The van der Waals surface area contributed by atoms with Crippen LogP contribution in [0.5, 0.6) is 23.0 Å². The Kier molecular flexibility index (Phi) is 11.6. The molecule has 11 heteroatoms. The van der Waals surface area contributed by atoms with Gasteiger partial charge in [0.2, 0.25) is 0 Å². The molecule has 0 heterocycles. The zero-order valence-corrected chi connectivity index (χ0v) is 28.4. The van der Waals surface area contributed by atoms with E-state index in [1.807, 2.05) is 39.0 Å². The Balaban J connectivity index is 1.40. The molecule has 252 valence electrons. The molecule has 4 aromatic carbocycles. The number of nitrogens with two attached hydrogens (primary N) is 1. The van der Waals surface area contributed by atoms with Crippen molar-refractivity contribution in [3.8, 4) is 23.0 Å². The number of ether oxygens (including phenoxy) is 4. The number of esters is 1. The molecule has 4 rings (SSSR count). The third-order valence-corrected chi connectivity index (χ3v) is 8.30. The first-order valence-corrected chi connectivity index (χ1v) is 16.9. The second kappa shape index (κ2) is 15.6. The number of carbonyl (C=O) groups excluding carboxylic acids is 2. The highest BCUT2D eigenvalue weighted by atomic mass is 32.2. The molecule has 1 unspecified atom stereocenters. The zero-order chi connectivity index (χ0) is 34.9. The number of rotatable bonds is 12. The van der Waals surface area contributed by atoms with Crippen LogP contribution in [0.2, 0.25) is 0 Å². The first-order chi connectivity index (χ1) is 22.7. The fourth-order valence-electron chi connectivity index (χ4n) is 4.49. The average Bonchev–Trinajstić information content (AvgIpc) is 3.04. The zero-order valence-electron chi connectivity index (χ0n) is 27.6. The molecule has 0 bridgehead atoms. The van der Waals surface area contributed by atoms with Gasteiger partial charge in [-0.25, -0.2) is 13.2 Å². The number of anilines is 1. The third-order valence-electron chi connectivity index (χ3n) is 6.93. The molecular formula is C37H40N2O8S. The summed E-state index contributed by atoms with van der Waals surface area (Å²) in [7, 11) is -0.610. The highest BCUT2D eigenvalue weighted by Crippen LogP contribution is 2.33. The second-order valence-corrected chi connectivity index (χ2v) is 13.9. The van der Waals surface area contributed by atoms with Gasteiger partial charge in [-0.2, -0.15) is 0 Å². The van der Waals surface area contributed by atoms with Gasteiger partial charge in [0.05, 0.1) is 19.3 Å². The third kappa shape index (κ3) is 10.7. The van der Waals surface area contributed by atoms with E-state index < -0.39 is 33.5 Å². The minimum absolute atomic E-state index is 0.0802. The van der Waals surface area contributed by atoms with Crippen molar-refractivity contribution in [1.29, 1.82) is 0 Å². The van der Waals surface area contributed by atoms with Crippen LogP contribution < -0.4 is 29.6 Å². The molecule has 0 radical (unpaired) electrons. The number of amides is 1. The van der Waals surface area contributed by atoms with E-state index >= 15 is 0 Å². The SMILES string of the molecule is COc1ccc(CC(=O)Oc2ccc(C(N)CS(=O)(=O)/C=C/c3ccc(OC(C)(C)C)c(OC(=O)N(C)c4ccccc4)c3)cc2)cc1. The maximum absolute atomic E-state index is 13.0. The molecule has 0 spiro atoms. The molecule has 10 nitrogen and oxygen atoms in total. The molecule has 0 aromatic heterocycles. The van der Waals surface area contributed by atoms with Crippen molar-refractivity contribution in [3.05, 3.63) is 119 Å². The predicted octanol–water partition coefficient (Wildman–Crippen LogP) is 6.74. The van der Waals surface area contributed by atoms with Gasteiger partial charge in [-0.1, -0.05) is 48.5 Å². The van der Waals surface area contributed by atoms with E-state index in [2.05, 4.69) is 0 Å². The summed E-state index contributed by atoms with van der Waals surface area (Å²) in [5.41, 5.74) is 8.11. The topological polar surface area (TPSA) is 134 Å². The van der Waals surface area contributed by atoms with Gasteiger partial charge < -0.3 is 24.7 Å². The van der Waals surface area contributed by atoms with Crippen molar-refractivity contribution in [2.45, 2.75) is 38.8 Å². The van der Waals surface area contributed by atoms with Crippen molar-refractivity contribution in [3.63, 3.8) is 0 Å². The molecule has 0 saturated heterocycles. The van der Waals surface area contributed by atoms with Gasteiger partial charge in [-0.15, -0.1) is 0 Å². The molecule has 4 aromatic rings. The largest absolute Gasteiger partial charge is 0.497 e. The van der Waals surface area contributed by atoms with E-state index in [-0.39, 0.29) is 17.9 Å². The second-order valence-electron chi connectivity index (χ2n) is 12.0. The van der Waals surface area contributed by atoms with Gasteiger partial charge in [0.15, 0.2) is 21.3 Å². The van der Waals surface area contributed by atoms with Crippen LogP contribution in [-0.4, -0.2) is 46.0 Å². The number of methoxy groups -OCH3 is 1. The van der Waals surface area contributed by atoms with E-state index in [0.717, 1.165) is 11.0 Å². The molecule has 1 atom stereocenters. The first kappa shape index (κ1) is 35.7. The number of hydrogen-bond donors (Lipinski definition) is 1. The molecule has 1 amide bonds. The van der Waals surface area contributed by atoms with E-state index in [9.17, 15) is 18.0 Å². The lowest BCUT2D eigenvalue weighted by atomic mass is 10.1. The standard InChI is InChI=1S/C37H40N2O8S/c1-37(2,3)47-33-20-13-27(23-34(33)46-36(41)39(4)29-9-7-6-8-10-29)21-22-48(42,43)25-32(38)28-14-18-31(19-15-28)45-35(40)24-26-11-16-30(44-5)17-12-26/h6-23,32H,24-25,38H2,1-5H3/b22-21+. The maximum Gasteiger partial charge on any atom is 0.419 e. The Labute approximate surface area is 281 Å². The highest BCUT2D eigenvalue weighted by Gasteiger charge is 2.21. The molecular weight excluding hydrogens is 632 g/mol. The van der Waals surface area contributed by atoms with Crippen LogP contribution in [0.3, 0.4) is 0 Å². The van der Waals surface area contributed by atoms with Crippen LogP contribution in [-0.2, 0) is 21.1 Å². The van der Waals surface area contributed by atoms with Gasteiger partial charge >= 0.3 is 12.1 Å². The lowest BCUT2D eigenvalue weighted by molar-refractivity contribution is -0.133. The van der Waals surface area contributed by atoms with Crippen LogP contribution >= 0.6 is 0 Å². The predicted molar refractivity (Wildman–Crippen MR) is 186 cm³/mol. The van der Waals surface area contributed by atoms with Gasteiger partial charge in [-0.3, -0.25) is 9.69 Å². The van der Waals surface area contributed by atoms with Crippen LogP contribution in [0.15, 0.2) is 102 Å². The van der Waals surface area contributed by atoms with Crippen molar-refractivity contribution < 1.29 is 37.0 Å². The van der Waals surface area contributed by atoms with Crippen LogP contribution in [0.1, 0.15) is 43.5 Å². The molecule has 48 heavy (non-hydrogen) atoms. The molecule has 0 aliphatic rings. The summed E-state index contributed by atoms with van der Waals surface area (Å²) in [6.45, 7) is 5.59. The summed E-state index contributed by atoms with van der Waals surface area (Å²) in [6.07, 6.45) is 0.848. The Bertz CT molecular complexity index is 1830. The maximum atomic E-state index is 13.0. The summed E-state index contributed by atoms with van der Waals surface area (Å²) in [5.74, 6) is 0.668. The summed E-state index contributed by atoms with van der Waals surface area (Å²) < 4.78 is 48.3. The Morgan fingerprint density at radius 1 is 0.854 bits per heavy atom. The number of sulfone groups is 1. The lowest BCUT2D eigenvalue weighted by Gasteiger charge is -2.24. The molecule has 0 saturated carbocycles. The van der Waals surface area contributed by atoms with E-state index in [4.69, 9.17) is 24.7 Å². The fraction of sp³-hybridized carbons (Fsp3) is 0.243. The number of nitrogens with zero attached hydrogens (tertiary/aromatic N) is 1. The fourth-order valence-corrected chi connectivity index (χ4v) is 5.66. The summed E-state index contributed by atoms with van der Waals surface area (Å²) in [5, 5.41) is 1.07. The molecule has 0 fully saturated rings. The van der Waals surface area contributed by atoms with Gasteiger partial charge in [0.1, 0.15) is 17.1 Å². The smallest absolute Gasteiger partial charge is 0.419 e. The summed E-state index contributed by atoms with van der Waals surface area (Å²) in [4.78, 5) is 26.7. The molecule has 2 N–H and O–H groups in total. The van der Waals surface area contributed by atoms with E-state index in [1.165, 1.54) is 11.0 Å². The van der Waals surface area contributed by atoms with Crippen molar-refractivity contribution in [2.75, 3.05) is 24.8 Å². The Morgan fingerprint density at radius 3 is 2.12 bits per heavy atom. The van der Waals surface area contributed by atoms with Crippen molar-refractivity contribution in [1.82, 2.24) is 0 Å². The quantitative estimate of drug-likeness (QED) is 0.128. The minimum Gasteiger partial charge on any atom is -0.497 e. The molecule has 0 aliphatic carbocycles. The number of benzene rings is 4. The summed E-state index contributed by atoms with van der Waals surface area (Å²) in [6, 6.07) is 26.5. The monoisotopic (exact) mass is 672 g/mol. The molecule has 0 aliphatic heterocycles. The number of hydrogen-bond acceptors (Lipinski definition) is 9. The summed E-state index contributed by atoms with van der Waals surface area (Å²) >= 11 is 0. The van der Waals surface area contributed by atoms with Crippen LogP contribution in [0.4, 0.5) is 10.5 Å². The Morgan fingerprint density at radius 2 is 1.50 bits per heavy atom. The van der Waals surface area contributed by atoms with Crippen LogP contribution in [0, 0.1) is 0 Å². The van der Waals surface area contributed by atoms with Crippen molar-refractivity contribution >= 4 is 33.7 Å². The normalized spacial score (nSPS) is 12.3. The van der Waals surface area contributed by atoms with Gasteiger partial charge in [0, 0.05) is 24.2 Å². The first-order valence-electron chi connectivity index (χ1n) is 15.1. The number of para-hydroxylation sites is 1. The average molecular weight is 673 g/mol.